The summed E-state index contributed by atoms with van der Waals surface area (Å²) in [6, 6.07) is 20.0. The van der Waals surface area contributed by atoms with Crippen LogP contribution < -0.4 is 16.2 Å². The Balaban J connectivity index is 1.57. The number of carbonyl (C=O) groups is 1. The third-order valence-electron chi connectivity index (χ3n) is 6.34. The number of fused-ring (bicyclic) bond motifs is 1. The van der Waals surface area contributed by atoms with Crippen molar-refractivity contribution >= 4 is 33.9 Å². The number of nitrogens with zero attached hydrogens (tertiary/aromatic N) is 3. The van der Waals surface area contributed by atoms with E-state index in [0.717, 1.165) is 16.8 Å². The molecule has 4 N–H and O–H groups in total. The number of hydrogen-bond donors (Lipinski definition) is 4. The van der Waals surface area contributed by atoms with Gasteiger partial charge < -0.3 is 20.8 Å². The molecule has 0 saturated carbocycles. The molecule has 0 fully saturated rings. The zero-order valence-corrected chi connectivity index (χ0v) is 21.4. The Morgan fingerprint density at radius 1 is 1.13 bits per heavy atom. The summed E-state index contributed by atoms with van der Waals surface area (Å²) in [5.74, 6) is -0.294. The lowest BCUT2D eigenvalue weighted by atomic mass is 9.85. The third-order valence-corrected chi connectivity index (χ3v) is 6.34. The molecule has 9 nitrogen and oxygen atoms in total. The van der Waals surface area contributed by atoms with E-state index in [1.807, 2.05) is 19.1 Å². The van der Waals surface area contributed by atoms with E-state index in [0.29, 0.717) is 27.8 Å². The number of nitrogens with one attached hydrogen (secondary N) is 2. The molecular weight excluding hydrogens is 482 g/mol. The van der Waals surface area contributed by atoms with Crippen molar-refractivity contribution in [3.63, 3.8) is 0 Å². The summed E-state index contributed by atoms with van der Waals surface area (Å²) in [5, 5.41) is 34.8. The van der Waals surface area contributed by atoms with Crippen LogP contribution in [0.4, 0.5) is 17.1 Å². The van der Waals surface area contributed by atoms with Crippen LogP contribution in [0.15, 0.2) is 71.8 Å². The van der Waals surface area contributed by atoms with Gasteiger partial charge in [0.05, 0.1) is 48.0 Å². The molecule has 1 atom stereocenters. The number of aromatic nitrogens is 2. The smallest absolute Gasteiger partial charge is 0.261 e. The van der Waals surface area contributed by atoms with Crippen molar-refractivity contribution in [1.29, 1.82) is 5.26 Å². The minimum Gasteiger partial charge on any atom is -0.394 e. The molecule has 38 heavy (non-hydrogen) atoms. The highest BCUT2D eigenvalue weighted by molar-refractivity contribution is 6.04. The molecule has 0 radical (unpaired) electrons. The predicted octanol–water partition coefficient (Wildman–Crippen LogP) is 3.86. The summed E-state index contributed by atoms with van der Waals surface area (Å²) in [6.45, 7) is 5.01. The molecule has 1 heterocycles. The standard InChI is InChI=1S/C29H29N5O4/c1-18-7-8-22(33-27(37)19-5-4-6-20(11-19)29(2,3)16-30)13-26(18)32-21-9-10-25-24(12-21)28(38)34(17-31-25)14-23(36)15-35/h4-13,17,23,32,35-36H,14-15H2,1-3H3,(H,33,37). The average Bonchev–Trinajstić information content (AvgIpc) is 2.92. The van der Waals surface area contributed by atoms with Crippen molar-refractivity contribution in [1.82, 2.24) is 9.55 Å². The highest BCUT2D eigenvalue weighted by Gasteiger charge is 2.21. The molecule has 0 aliphatic carbocycles. The van der Waals surface area contributed by atoms with E-state index < -0.39 is 18.1 Å². The molecule has 4 aromatic rings. The molecule has 194 valence electrons. The van der Waals surface area contributed by atoms with Gasteiger partial charge >= 0.3 is 0 Å². The molecule has 0 aliphatic heterocycles. The maximum Gasteiger partial charge on any atom is 0.261 e. The van der Waals surface area contributed by atoms with Crippen LogP contribution in [0.3, 0.4) is 0 Å². The zero-order valence-electron chi connectivity index (χ0n) is 21.4. The minimum absolute atomic E-state index is 0.0618. The number of amides is 1. The van der Waals surface area contributed by atoms with Crippen LogP contribution in [0.25, 0.3) is 10.9 Å². The number of aryl methyl sites for hydroxylation is 1. The summed E-state index contributed by atoms with van der Waals surface area (Å²) < 4.78 is 1.27. The van der Waals surface area contributed by atoms with Gasteiger partial charge in [-0.1, -0.05) is 18.2 Å². The van der Waals surface area contributed by atoms with Gasteiger partial charge in [-0.2, -0.15) is 5.26 Å². The molecule has 0 aliphatic rings. The number of aliphatic hydroxyl groups is 2. The Labute approximate surface area is 220 Å². The summed E-state index contributed by atoms with van der Waals surface area (Å²) in [5.41, 5.74) is 3.57. The van der Waals surface area contributed by atoms with E-state index in [-0.39, 0.29) is 18.0 Å². The Morgan fingerprint density at radius 2 is 1.89 bits per heavy atom. The second-order valence-corrected chi connectivity index (χ2v) is 9.70. The first-order chi connectivity index (χ1) is 18.1. The van der Waals surface area contributed by atoms with E-state index in [1.54, 1.807) is 62.4 Å². The molecule has 1 amide bonds. The van der Waals surface area contributed by atoms with Gasteiger partial charge in [-0.25, -0.2) is 4.98 Å². The van der Waals surface area contributed by atoms with Gasteiger partial charge in [-0.05, 0) is 74.4 Å². The molecule has 0 spiro atoms. The van der Waals surface area contributed by atoms with E-state index in [2.05, 4.69) is 21.7 Å². The van der Waals surface area contributed by atoms with Crippen molar-refractivity contribution in [3.05, 3.63) is 94.0 Å². The molecule has 0 bridgehead atoms. The van der Waals surface area contributed by atoms with Crippen molar-refractivity contribution in [2.75, 3.05) is 17.2 Å². The first-order valence-corrected chi connectivity index (χ1v) is 12.1. The van der Waals surface area contributed by atoms with E-state index in [9.17, 15) is 20.0 Å². The molecular formula is C29H29N5O4. The first kappa shape index (κ1) is 26.5. The van der Waals surface area contributed by atoms with Crippen LogP contribution in [0.1, 0.15) is 35.3 Å². The van der Waals surface area contributed by atoms with Gasteiger partial charge in [0.15, 0.2) is 0 Å². The number of aliphatic hydroxyl groups excluding tert-OH is 2. The number of hydrogen-bond acceptors (Lipinski definition) is 7. The molecule has 1 unspecified atom stereocenters. The van der Waals surface area contributed by atoms with Crippen LogP contribution in [0.5, 0.6) is 0 Å². The number of nitriles is 1. The van der Waals surface area contributed by atoms with Gasteiger partial charge in [-0.15, -0.1) is 0 Å². The number of benzene rings is 3. The molecule has 1 aromatic heterocycles. The predicted molar refractivity (Wildman–Crippen MR) is 147 cm³/mol. The van der Waals surface area contributed by atoms with Crippen molar-refractivity contribution in [2.45, 2.75) is 38.8 Å². The monoisotopic (exact) mass is 511 g/mol. The van der Waals surface area contributed by atoms with Crippen LogP contribution in [0, 0.1) is 18.3 Å². The number of carbonyl (C=O) groups excluding carboxylic acids is 1. The maximum atomic E-state index is 13.0. The molecule has 4 rings (SSSR count). The summed E-state index contributed by atoms with van der Waals surface area (Å²) >= 11 is 0. The van der Waals surface area contributed by atoms with E-state index in [1.165, 1.54) is 10.9 Å². The molecule has 9 heteroatoms. The lowest BCUT2D eigenvalue weighted by molar-refractivity contribution is 0.0802. The highest BCUT2D eigenvalue weighted by Crippen LogP contribution is 2.27. The molecule has 0 saturated heterocycles. The minimum atomic E-state index is -1.06. The fraction of sp³-hybridized carbons (Fsp3) is 0.241. The lowest BCUT2D eigenvalue weighted by Gasteiger charge is -2.17. The highest BCUT2D eigenvalue weighted by atomic mass is 16.3. The number of anilines is 3. The van der Waals surface area contributed by atoms with Crippen molar-refractivity contribution in [3.8, 4) is 6.07 Å². The van der Waals surface area contributed by atoms with Crippen LogP contribution in [-0.2, 0) is 12.0 Å². The summed E-state index contributed by atoms with van der Waals surface area (Å²) in [4.78, 5) is 30.1. The van der Waals surface area contributed by atoms with Crippen molar-refractivity contribution in [2.24, 2.45) is 0 Å². The van der Waals surface area contributed by atoms with Crippen LogP contribution in [0.2, 0.25) is 0 Å². The number of rotatable bonds is 8. The lowest BCUT2D eigenvalue weighted by Crippen LogP contribution is -2.28. The Bertz CT molecular complexity index is 1600. The molecule has 3 aromatic carbocycles. The van der Waals surface area contributed by atoms with Gasteiger partial charge in [0.25, 0.3) is 11.5 Å². The van der Waals surface area contributed by atoms with Gasteiger partial charge in [0, 0.05) is 22.6 Å². The van der Waals surface area contributed by atoms with Gasteiger partial charge in [-0.3, -0.25) is 14.2 Å². The van der Waals surface area contributed by atoms with E-state index in [4.69, 9.17) is 5.11 Å². The van der Waals surface area contributed by atoms with Crippen molar-refractivity contribution < 1.29 is 15.0 Å². The average molecular weight is 512 g/mol. The fourth-order valence-corrected chi connectivity index (χ4v) is 3.96. The van der Waals surface area contributed by atoms with Gasteiger partial charge in [0.1, 0.15) is 0 Å². The Hall–Kier alpha value is -4.52. The SMILES string of the molecule is Cc1ccc(NC(=O)c2cccc(C(C)(C)C#N)c2)cc1Nc1ccc2ncn(CC(O)CO)c(=O)c2c1. The Kier molecular flexibility index (Phi) is 7.57. The van der Waals surface area contributed by atoms with Gasteiger partial charge in [0.2, 0.25) is 0 Å². The first-order valence-electron chi connectivity index (χ1n) is 12.1. The third kappa shape index (κ3) is 5.72. The second kappa shape index (κ2) is 10.8. The van der Waals surface area contributed by atoms with Crippen LogP contribution >= 0.6 is 0 Å². The second-order valence-electron chi connectivity index (χ2n) is 9.70. The Morgan fingerprint density at radius 3 is 2.63 bits per heavy atom. The zero-order chi connectivity index (χ0) is 27.4. The fourth-order valence-electron chi connectivity index (χ4n) is 3.96. The quantitative estimate of drug-likeness (QED) is 0.282. The summed E-state index contributed by atoms with van der Waals surface area (Å²) in [7, 11) is 0. The summed E-state index contributed by atoms with van der Waals surface area (Å²) in [6.07, 6.45) is 0.290. The maximum absolute atomic E-state index is 13.0. The normalized spacial score (nSPS) is 12.1. The largest absolute Gasteiger partial charge is 0.394 e. The van der Waals surface area contributed by atoms with Crippen LogP contribution in [-0.4, -0.2) is 38.4 Å². The van der Waals surface area contributed by atoms with E-state index >= 15 is 0 Å². The topological polar surface area (TPSA) is 140 Å².